The number of hydrogen-bond donors (Lipinski definition) is 2. The fourth-order valence-electron chi connectivity index (χ4n) is 3.01. The van der Waals surface area contributed by atoms with Crippen LogP contribution in [0.3, 0.4) is 0 Å². The maximum absolute atomic E-state index is 12.0. The summed E-state index contributed by atoms with van der Waals surface area (Å²) in [5, 5.41) is 15.4. The van der Waals surface area contributed by atoms with Crippen LogP contribution >= 0.6 is 0 Å². The topological polar surface area (TPSA) is 84.2 Å². The second-order valence-electron chi connectivity index (χ2n) is 5.99. The van der Waals surface area contributed by atoms with Crippen molar-refractivity contribution in [1.29, 1.82) is 0 Å². The summed E-state index contributed by atoms with van der Waals surface area (Å²) in [6.45, 7) is -0.211. The number of aromatic nitrogens is 2. The Hall–Kier alpha value is -2.63. The molecule has 23 heavy (non-hydrogen) atoms. The largest absolute Gasteiger partial charge is 0.480 e. The van der Waals surface area contributed by atoms with Crippen LogP contribution in [0, 0.1) is 5.92 Å². The van der Waals surface area contributed by atoms with E-state index in [9.17, 15) is 9.59 Å². The third-order valence-corrected chi connectivity index (χ3v) is 4.19. The van der Waals surface area contributed by atoms with Crippen molar-refractivity contribution in [3.63, 3.8) is 0 Å². The average Bonchev–Trinajstić information content (AvgIpc) is 2.89. The quantitative estimate of drug-likeness (QED) is 0.858. The summed E-state index contributed by atoms with van der Waals surface area (Å²) in [6.07, 6.45) is 4.09. The number of carboxylic acid groups (broad SMARTS) is 1. The number of aliphatic carboxylic acids is 1. The molecule has 1 aromatic carbocycles. The van der Waals surface area contributed by atoms with Gasteiger partial charge in [0.1, 0.15) is 6.54 Å². The molecule has 1 heterocycles. The molecule has 0 radical (unpaired) electrons. The fourth-order valence-corrected chi connectivity index (χ4v) is 3.01. The van der Waals surface area contributed by atoms with Crippen LogP contribution in [0.2, 0.25) is 0 Å². The lowest BCUT2D eigenvalue weighted by Gasteiger charge is -2.35. The molecule has 0 bridgehead atoms. The van der Waals surface area contributed by atoms with E-state index < -0.39 is 5.97 Å². The Morgan fingerprint density at radius 1 is 1.22 bits per heavy atom. The number of nitrogens with one attached hydrogen (secondary N) is 1. The van der Waals surface area contributed by atoms with Gasteiger partial charge in [0.05, 0.1) is 0 Å². The number of carboxylic acids is 1. The molecule has 1 fully saturated rings. The highest BCUT2D eigenvalue weighted by molar-refractivity contribution is 5.89. The van der Waals surface area contributed by atoms with Gasteiger partial charge in [0.2, 0.25) is 5.91 Å². The first kappa shape index (κ1) is 15.3. The molecule has 6 nitrogen and oxygen atoms in total. The number of anilines is 1. The lowest BCUT2D eigenvalue weighted by molar-refractivity contribution is -0.137. The minimum atomic E-state index is -0.965. The Bertz CT molecular complexity index is 690. The molecule has 0 aliphatic heterocycles. The van der Waals surface area contributed by atoms with Crippen molar-refractivity contribution in [3.8, 4) is 0 Å². The van der Waals surface area contributed by atoms with Gasteiger partial charge in [-0.15, -0.1) is 0 Å². The van der Waals surface area contributed by atoms with E-state index in [4.69, 9.17) is 5.11 Å². The van der Waals surface area contributed by atoms with Crippen LogP contribution in [0.5, 0.6) is 0 Å². The van der Waals surface area contributed by atoms with E-state index >= 15 is 0 Å². The van der Waals surface area contributed by atoms with Gasteiger partial charge in [-0.2, -0.15) is 5.10 Å². The number of nitrogens with zero attached hydrogens (tertiary/aromatic N) is 2. The zero-order valence-electron chi connectivity index (χ0n) is 12.7. The highest BCUT2D eigenvalue weighted by Crippen LogP contribution is 2.43. The number of hydrogen-bond acceptors (Lipinski definition) is 3. The molecule has 120 valence electrons. The van der Waals surface area contributed by atoms with Crippen molar-refractivity contribution in [3.05, 3.63) is 48.2 Å². The van der Waals surface area contributed by atoms with Crippen LogP contribution < -0.4 is 5.32 Å². The van der Waals surface area contributed by atoms with Gasteiger partial charge in [0.25, 0.3) is 0 Å². The van der Waals surface area contributed by atoms with Crippen molar-refractivity contribution in [2.45, 2.75) is 31.7 Å². The molecule has 1 aliphatic rings. The molecular formula is C17H19N3O3. The first-order valence-corrected chi connectivity index (χ1v) is 7.70. The third-order valence-electron chi connectivity index (χ3n) is 4.19. The predicted molar refractivity (Wildman–Crippen MR) is 85.0 cm³/mol. The molecule has 0 atom stereocenters. The molecule has 1 amide bonds. The first-order valence-electron chi connectivity index (χ1n) is 7.70. The van der Waals surface area contributed by atoms with Crippen LogP contribution in [-0.2, 0) is 16.1 Å². The Kier molecular flexibility index (Phi) is 4.41. The molecule has 6 heteroatoms. The summed E-state index contributed by atoms with van der Waals surface area (Å²) in [5.41, 5.74) is 1.34. The van der Waals surface area contributed by atoms with Crippen LogP contribution in [0.25, 0.3) is 0 Å². The van der Waals surface area contributed by atoms with E-state index in [0.29, 0.717) is 24.1 Å². The number of amides is 1. The molecule has 0 spiro atoms. The standard InChI is InChI=1S/C17H19N3O3/c21-16(18-15-6-7-20(19-15)11-17(22)23)10-12-8-14(9-12)13-4-2-1-3-5-13/h1-7,12,14H,8-11H2,(H,22,23)(H,18,19,21). The van der Waals surface area contributed by atoms with E-state index in [1.165, 1.54) is 10.2 Å². The molecule has 2 aromatic rings. The van der Waals surface area contributed by atoms with Gasteiger partial charge in [0, 0.05) is 18.7 Å². The zero-order chi connectivity index (χ0) is 16.2. The normalized spacial score (nSPS) is 19.8. The third kappa shape index (κ3) is 3.97. The summed E-state index contributed by atoms with van der Waals surface area (Å²) < 4.78 is 1.28. The smallest absolute Gasteiger partial charge is 0.325 e. The second-order valence-corrected chi connectivity index (χ2v) is 5.99. The molecule has 0 unspecified atom stereocenters. The number of rotatable bonds is 6. The van der Waals surface area contributed by atoms with Crippen molar-refractivity contribution >= 4 is 17.7 Å². The summed E-state index contributed by atoms with van der Waals surface area (Å²) in [6, 6.07) is 12.0. The van der Waals surface area contributed by atoms with Gasteiger partial charge >= 0.3 is 5.97 Å². The lowest BCUT2D eigenvalue weighted by Crippen LogP contribution is -2.26. The number of carbonyl (C=O) groups is 2. The number of carbonyl (C=O) groups excluding carboxylic acids is 1. The van der Waals surface area contributed by atoms with Gasteiger partial charge < -0.3 is 10.4 Å². The molecule has 1 aromatic heterocycles. The zero-order valence-corrected chi connectivity index (χ0v) is 12.7. The van der Waals surface area contributed by atoms with Crippen molar-refractivity contribution in [2.24, 2.45) is 5.92 Å². The molecule has 1 aliphatic carbocycles. The molecule has 0 saturated heterocycles. The molecular weight excluding hydrogens is 294 g/mol. The maximum atomic E-state index is 12.0. The highest BCUT2D eigenvalue weighted by atomic mass is 16.4. The van der Waals surface area contributed by atoms with E-state index in [2.05, 4.69) is 22.5 Å². The van der Waals surface area contributed by atoms with Gasteiger partial charge in [-0.25, -0.2) is 0 Å². The minimum absolute atomic E-state index is 0.0675. The van der Waals surface area contributed by atoms with E-state index in [1.807, 2.05) is 18.2 Å². The summed E-state index contributed by atoms with van der Waals surface area (Å²) in [4.78, 5) is 22.6. The minimum Gasteiger partial charge on any atom is -0.480 e. The SMILES string of the molecule is O=C(O)Cn1ccc(NC(=O)CC2CC(c3ccccc3)C2)n1. The molecule has 1 saturated carbocycles. The van der Waals surface area contributed by atoms with Crippen LogP contribution in [0.15, 0.2) is 42.6 Å². The maximum Gasteiger partial charge on any atom is 0.325 e. The predicted octanol–water partition coefficient (Wildman–Crippen LogP) is 2.49. The first-order chi connectivity index (χ1) is 11.1. The Morgan fingerprint density at radius 3 is 2.65 bits per heavy atom. The van der Waals surface area contributed by atoms with Crippen LogP contribution in [0.4, 0.5) is 5.82 Å². The van der Waals surface area contributed by atoms with E-state index in [0.717, 1.165) is 12.8 Å². The van der Waals surface area contributed by atoms with Crippen molar-refractivity contribution < 1.29 is 14.7 Å². The monoisotopic (exact) mass is 313 g/mol. The van der Waals surface area contributed by atoms with Gasteiger partial charge in [-0.3, -0.25) is 14.3 Å². The summed E-state index contributed by atoms with van der Waals surface area (Å²) >= 11 is 0. The summed E-state index contributed by atoms with van der Waals surface area (Å²) in [7, 11) is 0. The van der Waals surface area contributed by atoms with E-state index in [1.54, 1.807) is 12.3 Å². The van der Waals surface area contributed by atoms with E-state index in [-0.39, 0.29) is 12.5 Å². The van der Waals surface area contributed by atoms with Crippen LogP contribution in [-0.4, -0.2) is 26.8 Å². The van der Waals surface area contributed by atoms with Gasteiger partial charge in [-0.05, 0) is 30.2 Å². The van der Waals surface area contributed by atoms with Crippen molar-refractivity contribution in [2.75, 3.05) is 5.32 Å². The average molecular weight is 313 g/mol. The van der Waals surface area contributed by atoms with Gasteiger partial charge in [-0.1, -0.05) is 30.3 Å². The lowest BCUT2D eigenvalue weighted by atomic mass is 9.70. The molecule has 2 N–H and O–H groups in total. The number of benzene rings is 1. The Morgan fingerprint density at radius 2 is 1.96 bits per heavy atom. The Balaban J connectivity index is 1.44. The molecule has 3 rings (SSSR count). The highest BCUT2D eigenvalue weighted by Gasteiger charge is 2.31. The second kappa shape index (κ2) is 6.64. The Labute approximate surface area is 134 Å². The fraction of sp³-hybridized carbons (Fsp3) is 0.353. The van der Waals surface area contributed by atoms with Gasteiger partial charge in [0.15, 0.2) is 5.82 Å². The van der Waals surface area contributed by atoms with Crippen molar-refractivity contribution in [1.82, 2.24) is 9.78 Å². The summed E-state index contributed by atoms with van der Waals surface area (Å²) in [5.74, 6) is 0.328. The van der Waals surface area contributed by atoms with Crippen LogP contribution in [0.1, 0.15) is 30.7 Å².